The zero-order chi connectivity index (χ0) is 13.8. The fraction of sp³-hybridized carbons (Fsp3) is 0.500. The molecule has 0 amide bonds. The van der Waals surface area contributed by atoms with Crippen LogP contribution in [-0.4, -0.2) is 27.6 Å². The lowest BCUT2D eigenvalue weighted by Crippen LogP contribution is -2.12. The van der Waals surface area contributed by atoms with Gasteiger partial charge in [0.2, 0.25) is 11.1 Å². The summed E-state index contributed by atoms with van der Waals surface area (Å²) >= 11 is 5.44. The molecule has 0 spiro atoms. The highest BCUT2D eigenvalue weighted by Gasteiger charge is 2.26. The predicted octanol–water partition coefficient (Wildman–Crippen LogP) is 2.79. The second kappa shape index (κ2) is 5.80. The zero-order valence-corrected chi connectivity index (χ0v) is 9.62. The van der Waals surface area contributed by atoms with Crippen molar-refractivity contribution in [2.45, 2.75) is 19.0 Å². The van der Waals surface area contributed by atoms with Crippen LogP contribution < -0.4 is 5.32 Å². The molecular formula is C8H8ClF3N4O2. The number of nitrogens with one attached hydrogen (secondary N) is 1. The molecule has 1 N–H and O–H groups in total. The molecule has 0 aromatic carbocycles. The Bertz CT molecular complexity index is 441. The van der Waals surface area contributed by atoms with Gasteiger partial charge < -0.3 is 5.32 Å². The highest BCUT2D eigenvalue weighted by atomic mass is 35.5. The fourth-order valence-electron chi connectivity index (χ4n) is 1.11. The van der Waals surface area contributed by atoms with E-state index >= 15 is 0 Å². The van der Waals surface area contributed by atoms with E-state index in [4.69, 9.17) is 11.6 Å². The molecule has 0 aliphatic rings. The molecule has 0 aliphatic heterocycles. The van der Waals surface area contributed by atoms with Gasteiger partial charge in [-0.3, -0.25) is 10.1 Å². The molecule has 0 aliphatic carbocycles. The third-order valence-electron chi connectivity index (χ3n) is 1.87. The Morgan fingerprint density at radius 3 is 2.72 bits per heavy atom. The maximum atomic E-state index is 11.9. The minimum Gasteiger partial charge on any atom is -0.364 e. The van der Waals surface area contributed by atoms with Gasteiger partial charge in [0, 0.05) is 13.0 Å². The molecule has 18 heavy (non-hydrogen) atoms. The van der Waals surface area contributed by atoms with Crippen LogP contribution in [-0.2, 0) is 0 Å². The van der Waals surface area contributed by atoms with E-state index in [1.165, 1.54) is 0 Å². The highest BCUT2D eigenvalue weighted by Crippen LogP contribution is 2.24. The van der Waals surface area contributed by atoms with Gasteiger partial charge in [0.1, 0.15) is 6.20 Å². The number of alkyl halides is 3. The summed E-state index contributed by atoms with van der Waals surface area (Å²) in [5.41, 5.74) is -0.439. The van der Waals surface area contributed by atoms with E-state index in [2.05, 4.69) is 15.3 Å². The average Bonchev–Trinajstić information content (AvgIpc) is 2.22. The number of halogens is 4. The van der Waals surface area contributed by atoms with Gasteiger partial charge in [0.15, 0.2) is 0 Å². The third kappa shape index (κ3) is 4.70. The van der Waals surface area contributed by atoms with Crippen LogP contribution in [0, 0.1) is 10.1 Å². The summed E-state index contributed by atoms with van der Waals surface area (Å²) in [4.78, 5) is 16.8. The molecule has 0 saturated heterocycles. The quantitative estimate of drug-likeness (QED) is 0.389. The first-order valence-corrected chi connectivity index (χ1v) is 5.15. The summed E-state index contributed by atoms with van der Waals surface area (Å²) in [6.45, 7) is -0.103. The van der Waals surface area contributed by atoms with Crippen molar-refractivity contribution < 1.29 is 18.1 Å². The second-order valence-electron chi connectivity index (χ2n) is 3.28. The zero-order valence-electron chi connectivity index (χ0n) is 8.87. The minimum absolute atomic E-state index is 0.103. The number of hydrogen-bond donors (Lipinski definition) is 1. The molecule has 100 valence electrons. The summed E-state index contributed by atoms with van der Waals surface area (Å²) in [5, 5.41) is 12.8. The van der Waals surface area contributed by atoms with Crippen molar-refractivity contribution in [3.8, 4) is 0 Å². The Morgan fingerprint density at radius 2 is 2.17 bits per heavy atom. The summed E-state index contributed by atoms with van der Waals surface area (Å²) in [6.07, 6.45) is -4.56. The van der Waals surface area contributed by atoms with E-state index in [0.717, 1.165) is 6.20 Å². The third-order valence-corrected chi connectivity index (χ3v) is 2.05. The predicted molar refractivity (Wildman–Crippen MR) is 57.5 cm³/mol. The van der Waals surface area contributed by atoms with Crippen molar-refractivity contribution in [3.63, 3.8) is 0 Å². The van der Waals surface area contributed by atoms with Crippen molar-refractivity contribution in [2.75, 3.05) is 11.9 Å². The number of hydrogen-bond acceptors (Lipinski definition) is 5. The SMILES string of the molecule is O=[N+]([O-])c1cnc(Cl)nc1NCCCC(F)(F)F. The first-order chi connectivity index (χ1) is 8.29. The molecule has 0 atom stereocenters. The Kier molecular flexibility index (Phi) is 4.65. The van der Waals surface area contributed by atoms with E-state index in [-0.39, 0.29) is 24.1 Å². The van der Waals surface area contributed by atoms with Crippen molar-refractivity contribution in [3.05, 3.63) is 21.6 Å². The Hall–Kier alpha value is -1.64. The minimum atomic E-state index is -4.25. The van der Waals surface area contributed by atoms with Crippen LogP contribution in [0.15, 0.2) is 6.20 Å². The molecule has 6 nitrogen and oxygen atoms in total. The van der Waals surface area contributed by atoms with Gasteiger partial charge in [-0.25, -0.2) is 4.98 Å². The van der Waals surface area contributed by atoms with Crippen molar-refractivity contribution in [2.24, 2.45) is 0 Å². The summed E-state index contributed by atoms with van der Waals surface area (Å²) in [7, 11) is 0. The molecule has 10 heteroatoms. The molecule has 1 aromatic heterocycles. The average molecular weight is 285 g/mol. The number of rotatable bonds is 5. The van der Waals surface area contributed by atoms with E-state index in [0.29, 0.717) is 0 Å². The normalized spacial score (nSPS) is 11.3. The van der Waals surface area contributed by atoms with Crippen LogP contribution >= 0.6 is 11.6 Å². The molecule has 1 aromatic rings. The van der Waals surface area contributed by atoms with Gasteiger partial charge >= 0.3 is 11.9 Å². The summed E-state index contributed by atoms with van der Waals surface area (Å²) in [6, 6.07) is 0. The lowest BCUT2D eigenvalue weighted by molar-refractivity contribution is -0.384. The van der Waals surface area contributed by atoms with E-state index in [9.17, 15) is 23.3 Å². The van der Waals surface area contributed by atoms with E-state index in [1.807, 2.05) is 0 Å². The maximum absolute atomic E-state index is 11.9. The number of nitro groups is 1. The first kappa shape index (κ1) is 14.4. The van der Waals surface area contributed by atoms with Crippen LogP contribution in [0.25, 0.3) is 0 Å². The van der Waals surface area contributed by atoms with Crippen LogP contribution in [0.5, 0.6) is 0 Å². The molecule has 1 rings (SSSR count). The summed E-state index contributed by atoms with van der Waals surface area (Å²) < 4.78 is 35.6. The van der Waals surface area contributed by atoms with Gasteiger partial charge in [-0.2, -0.15) is 18.2 Å². The van der Waals surface area contributed by atoms with Crippen LogP contribution in [0.3, 0.4) is 0 Å². The van der Waals surface area contributed by atoms with E-state index in [1.54, 1.807) is 0 Å². The number of nitrogens with zero attached hydrogens (tertiary/aromatic N) is 3. The highest BCUT2D eigenvalue weighted by molar-refractivity contribution is 6.28. The Balaban J connectivity index is 2.61. The maximum Gasteiger partial charge on any atom is 0.389 e. The topological polar surface area (TPSA) is 81.0 Å². The molecule has 0 radical (unpaired) electrons. The van der Waals surface area contributed by atoms with Crippen LogP contribution in [0.2, 0.25) is 5.28 Å². The monoisotopic (exact) mass is 284 g/mol. The van der Waals surface area contributed by atoms with Crippen molar-refractivity contribution in [1.82, 2.24) is 9.97 Å². The van der Waals surface area contributed by atoms with Gasteiger partial charge in [-0.1, -0.05) is 0 Å². The van der Waals surface area contributed by atoms with Gasteiger partial charge in [0.25, 0.3) is 0 Å². The van der Waals surface area contributed by atoms with E-state index < -0.39 is 23.2 Å². The molecule has 0 bridgehead atoms. The van der Waals surface area contributed by atoms with Crippen molar-refractivity contribution in [1.29, 1.82) is 0 Å². The molecule has 0 unspecified atom stereocenters. The number of anilines is 1. The Labute approximate surface area is 104 Å². The van der Waals surface area contributed by atoms with Crippen LogP contribution in [0.1, 0.15) is 12.8 Å². The molecule has 0 saturated carbocycles. The molecule has 0 fully saturated rings. The lowest BCUT2D eigenvalue weighted by Gasteiger charge is -2.07. The standard InChI is InChI=1S/C8H8ClF3N4O2/c9-7-14-4-5(16(17)18)6(15-7)13-3-1-2-8(10,11)12/h4H,1-3H2,(H,13,14,15). The molecule has 1 heterocycles. The lowest BCUT2D eigenvalue weighted by atomic mass is 10.3. The number of aromatic nitrogens is 2. The smallest absolute Gasteiger partial charge is 0.364 e. The van der Waals surface area contributed by atoms with Gasteiger partial charge in [0.05, 0.1) is 4.92 Å². The van der Waals surface area contributed by atoms with Gasteiger partial charge in [-0.15, -0.1) is 0 Å². The second-order valence-corrected chi connectivity index (χ2v) is 3.61. The van der Waals surface area contributed by atoms with Crippen LogP contribution in [0.4, 0.5) is 24.7 Å². The largest absolute Gasteiger partial charge is 0.389 e. The Morgan fingerprint density at radius 1 is 1.50 bits per heavy atom. The molecular weight excluding hydrogens is 277 g/mol. The summed E-state index contributed by atoms with van der Waals surface area (Å²) in [5.74, 6) is -0.192. The first-order valence-electron chi connectivity index (χ1n) is 4.77. The fourth-order valence-corrected chi connectivity index (χ4v) is 1.25. The van der Waals surface area contributed by atoms with Gasteiger partial charge in [-0.05, 0) is 18.0 Å². The van der Waals surface area contributed by atoms with Crippen molar-refractivity contribution >= 4 is 23.1 Å².